The number of anilines is 1. The van der Waals surface area contributed by atoms with Crippen molar-refractivity contribution >= 4 is 35.0 Å². The minimum atomic E-state index is -1.07. The number of amides is 2. The molecule has 7 heteroatoms. The van der Waals surface area contributed by atoms with Gasteiger partial charge in [-0.2, -0.15) is 5.10 Å². The number of carbonyl (C=O) groups is 2. The van der Waals surface area contributed by atoms with Crippen LogP contribution in [0.1, 0.15) is 12.5 Å². The zero-order valence-corrected chi connectivity index (χ0v) is 15.2. The first-order chi connectivity index (χ1) is 12.4. The van der Waals surface area contributed by atoms with E-state index in [4.69, 9.17) is 16.3 Å². The highest BCUT2D eigenvalue weighted by Crippen LogP contribution is 2.33. The van der Waals surface area contributed by atoms with Crippen molar-refractivity contribution in [2.24, 2.45) is 10.5 Å². The molecule has 6 nitrogen and oxygen atoms in total. The van der Waals surface area contributed by atoms with E-state index in [1.807, 2.05) is 18.2 Å². The quantitative estimate of drug-likeness (QED) is 0.835. The minimum Gasteiger partial charge on any atom is -0.468 e. The Morgan fingerprint density at radius 3 is 2.42 bits per heavy atom. The fourth-order valence-electron chi connectivity index (χ4n) is 2.84. The summed E-state index contributed by atoms with van der Waals surface area (Å²) in [6, 6.07) is 15.6. The van der Waals surface area contributed by atoms with Gasteiger partial charge in [-0.15, -0.1) is 0 Å². The molecule has 1 atom stereocenters. The number of halogens is 1. The molecule has 0 saturated heterocycles. The Balaban J connectivity index is 1.92. The molecule has 26 heavy (non-hydrogen) atoms. The highest BCUT2D eigenvalue weighted by molar-refractivity contribution is 6.30. The number of ether oxygens (including phenoxy) is 1. The molecule has 1 aliphatic heterocycles. The summed E-state index contributed by atoms with van der Waals surface area (Å²) in [7, 11) is 1.32. The van der Waals surface area contributed by atoms with Crippen LogP contribution in [0.5, 0.6) is 0 Å². The van der Waals surface area contributed by atoms with E-state index in [-0.39, 0.29) is 6.54 Å². The molecule has 0 aliphatic carbocycles. The molecule has 0 unspecified atom stereocenters. The van der Waals surface area contributed by atoms with Gasteiger partial charge in [-0.3, -0.25) is 4.79 Å². The second kappa shape index (κ2) is 7.17. The fourth-order valence-corrected chi connectivity index (χ4v) is 2.96. The summed E-state index contributed by atoms with van der Waals surface area (Å²) in [5.74, 6) is -0.457. The van der Waals surface area contributed by atoms with Crippen molar-refractivity contribution in [1.82, 2.24) is 5.01 Å². The van der Waals surface area contributed by atoms with Gasteiger partial charge >= 0.3 is 12.0 Å². The maximum absolute atomic E-state index is 12.6. The van der Waals surface area contributed by atoms with E-state index in [0.717, 1.165) is 0 Å². The molecule has 0 spiro atoms. The molecule has 0 aromatic heterocycles. The fraction of sp³-hybridized carbons (Fsp3) is 0.211. The second-order valence-corrected chi connectivity index (χ2v) is 6.57. The standard InChI is InChI=1S/C19H18ClN3O3/c1-19(17(24)26-2)12-23(18(25)21-15-6-4-3-5-7-15)22-16(19)13-8-10-14(20)11-9-13/h3-11H,12H2,1-2H3,(H,21,25)/t19-/m1/s1. The number of carbonyl (C=O) groups excluding carboxylic acids is 2. The number of para-hydroxylation sites is 1. The lowest BCUT2D eigenvalue weighted by molar-refractivity contribution is -0.147. The predicted octanol–water partition coefficient (Wildman–Crippen LogP) is 3.77. The number of hydrazone groups is 1. The van der Waals surface area contributed by atoms with Crippen LogP contribution in [0.4, 0.5) is 10.5 Å². The molecule has 0 bridgehead atoms. The molecule has 0 fully saturated rings. The summed E-state index contributed by atoms with van der Waals surface area (Å²) in [4.78, 5) is 25.0. The van der Waals surface area contributed by atoms with Gasteiger partial charge in [0, 0.05) is 10.7 Å². The Bertz CT molecular complexity index is 852. The van der Waals surface area contributed by atoms with E-state index in [2.05, 4.69) is 10.4 Å². The maximum atomic E-state index is 12.6. The van der Waals surface area contributed by atoms with Crippen LogP contribution in [-0.4, -0.2) is 36.4 Å². The van der Waals surface area contributed by atoms with Gasteiger partial charge < -0.3 is 10.1 Å². The molecule has 134 valence electrons. The number of esters is 1. The van der Waals surface area contributed by atoms with Crippen LogP contribution in [0.25, 0.3) is 0 Å². The molecule has 0 radical (unpaired) electrons. The van der Waals surface area contributed by atoms with Crippen molar-refractivity contribution in [2.45, 2.75) is 6.92 Å². The van der Waals surface area contributed by atoms with Crippen LogP contribution in [0, 0.1) is 5.41 Å². The Kier molecular flexibility index (Phi) is 4.95. The molecule has 1 N–H and O–H groups in total. The second-order valence-electron chi connectivity index (χ2n) is 6.13. The van der Waals surface area contributed by atoms with E-state index in [0.29, 0.717) is 22.0 Å². The monoisotopic (exact) mass is 371 g/mol. The van der Waals surface area contributed by atoms with Gasteiger partial charge in [-0.25, -0.2) is 9.80 Å². The Labute approximate surface area is 156 Å². The smallest absolute Gasteiger partial charge is 0.342 e. The third-order valence-corrected chi connectivity index (χ3v) is 4.47. The summed E-state index contributed by atoms with van der Waals surface area (Å²) in [6.45, 7) is 1.79. The molecule has 2 amide bonds. The summed E-state index contributed by atoms with van der Waals surface area (Å²) in [6.07, 6.45) is 0. The summed E-state index contributed by atoms with van der Waals surface area (Å²) >= 11 is 5.94. The van der Waals surface area contributed by atoms with Gasteiger partial charge in [0.1, 0.15) is 5.41 Å². The van der Waals surface area contributed by atoms with Crippen molar-refractivity contribution in [1.29, 1.82) is 0 Å². The number of benzene rings is 2. The van der Waals surface area contributed by atoms with Gasteiger partial charge in [0.25, 0.3) is 0 Å². The molecule has 3 rings (SSSR count). The zero-order chi connectivity index (χ0) is 18.7. The Hall–Kier alpha value is -2.86. The topological polar surface area (TPSA) is 71.0 Å². The van der Waals surface area contributed by atoms with Gasteiger partial charge in [0.2, 0.25) is 0 Å². The molecular formula is C19H18ClN3O3. The highest BCUT2D eigenvalue weighted by Gasteiger charge is 2.48. The van der Waals surface area contributed by atoms with Crippen LogP contribution in [0.2, 0.25) is 5.02 Å². The van der Waals surface area contributed by atoms with Crippen LogP contribution in [0.3, 0.4) is 0 Å². The summed E-state index contributed by atoms with van der Waals surface area (Å²) in [5, 5.41) is 8.99. The molecule has 1 aliphatic rings. The Morgan fingerprint density at radius 2 is 1.81 bits per heavy atom. The SMILES string of the molecule is COC(=O)[C@]1(C)CN(C(=O)Nc2ccccc2)N=C1c1ccc(Cl)cc1. The maximum Gasteiger partial charge on any atom is 0.342 e. The predicted molar refractivity (Wildman–Crippen MR) is 100 cm³/mol. The lowest BCUT2D eigenvalue weighted by atomic mass is 9.82. The normalized spacial score (nSPS) is 19.0. The van der Waals surface area contributed by atoms with E-state index in [9.17, 15) is 9.59 Å². The van der Waals surface area contributed by atoms with Crippen LogP contribution in [0.15, 0.2) is 59.7 Å². The minimum absolute atomic E-state index is 0.0797. The summed E-state index contributed by atoms with van der Waals surface area (Å²) < 4.78 is 4.95. The van der Waals surface area contributed by atoms with Gasteiger partial charge in [-0.1, -0.05) is 41.9 Å². The molecule has 0 saturated carbocycles. The average Bonchev–Trinajstić information content (AvgIpc) is 3.01. The van der Waals surface area contributed by atoms with Crippen molar-refractivity contribution in [3.05, 3.63) is 65.2 Å². The first-order valence-corrected chi connectivity index (χ1v) is 8.39. The lowest BCUT2D eigenvalue weighted by Crippen LogP contribution is -2.42. The largest absolute Gasteiger partial charge is 0.468 e. The number of nitrogens with one attached hydrogen (secondary N) is 1. The molecular weight excluding hydrogens is 354 g/mol. The van der Waals surface area contributed by atoms with Crippen molar-refractivity contribution in [2.75, 3.05) is 19.0 Å². The highest BCUT2D eigenvalue weighted by atomic mass is 35.5. The van der Waals surface area contributed by atoms with E-state index in [1.54, 1.807) is 43.3 Å². The van der Waals surface area contributed by atoms with E-state index in [1.165, 1.54) is 12.1 Å². The summed E-state index contributed by atoms with van der Waals surface area (Å²) in [5.41, 5.74) is 0.741. The average molecular weight is 372 g/mol. The number of nitrogens with zero attached hydrogens (tertiary/aromatic N) is 2. The number of hydrogen-bond donors (Lipinski definition) is 1. The first kappa shape index (κ1) is 17.9. The lowest BCUT2D eigenvalue weighted by Gasteiger charge is -2.23. The van der Waals surface area contributed by atoms with Crippen molar-refractivity contribution in [3.63, 3.8) is 0 Å². The molecule has 2 aromatic carbocycles. The van der Waals surface area contributed by atoms with Gasteiger partial charge in [0.15, 0.2) is 0 Å². The number of rotatable bonds is 3. The third-order valence-electron chi connectivity index (χ3n) is 4.22. The van der Waals surface area contributed by atoms with Crippen molar-refractivity contribution < 1.29 is 14.3 Å². The number of hydrogen-bond acceptors (Lipinski definition) is 4. The van der Waals surface area contributed by atoms with Crippen LogP contribution < -0.4 is 5.32 Å². The number of urea groups is 1. The molecule has 1 heterocycles. The van der Waals surface area contributed by atoms with E-state index >= 15 is 0 Å². The Morgan fingerprint density at radius 1 is 1.15 bits per heavy atom. The zero-order valence-electron chi connectivity index (χ0n) is 14.4. The van der Waals surface area contributed by atoms with Gasteiger partial charge in [0.05, 0.1) is 19.4 Å². The van der Waals surface area contributed by atoms with Crippen molar-refractivity contribution in [3.8, 4) is 0 Å². The first-order valence-electron chi connectivity index (χ1n) is 8.01. The van der Waals surface area contributed by atoms with Crippen LogP contribution in [-0.2, 0) is 9.53 Å². The molecule has 2 aromatic rings. The van der Waals surface area contributed by atoms with Gasteiger partial charge in [-0.05, 0) is 36.8 Å². The van der Waals surface area contributed by atoms with E-state index < -0.39 is 17.4 Å². The third kappa shape index (κ3) is 3.41. The number of methoxy groups -OCH3 is 1. The van der Waals surface area contributed by atoms with Crippen LogP contribution >= 0.6 is 11.6 Å².